The predicted molar refractivity (Wildman–Crippen MR) is 84.9 cm³/mol. The van der Waals surface area contributed by atoms with E-state index in [0.717, 1.165) is 22.1 Å². The van der Waals surface area contributed by atoms with Gasteiger partial charge in [-0.15, -0.1) is 0 Å². The Balaban J connectivity index is 2.19. The second-order valence-corrected chi connectivity index (χ2v) is 5.41. The van der Waals surface area contributed by atoms with E-state index < -0.39 is 5.97 Å². The number of carboxylic acids is 1. The van der Waals surface area contributed by atoms with Crippen molar-refractivity contribution in [1.29, 1.82) is 0 Å². The number of rotatable bonds is 4. The van der Waals surface area contributed by atoms with Gasteiger partial charge in [0.1, 0.15) is 0 Å². The van der Waals surface area contributed by atoms with Gasteiger partial charge in [0.05, 0.1) is 5.56 Å². The Morgan fingerprint density at radius 3 is 2.29 bits per heavy atom. The predicted octanol–water partition coefficient (Wildman–Crippen LogP) is 3.96. The molecule has 108 valence electrons. The maximum atomic E-state index is 12.2. The molecule has 2 N–H and O–H groups in total. The summed E-state index contributed by atoms with van der Waals surface area (Å²) in [5.41, 5.74) is 2.36. The minimum atomic E-state index is -1.01. The quantitative estimate of drug-likeness (QED) is 0.879. The number of carbonyl (C=O) groups excluding carboxylic acids is 1. The summed E-state index contributed by atoms with van der Waals surface area (Å²) in [6, 6.07) is 11.5. The second kappa shape index (κ2) is 6.54. The van der Waals surface area contributed by atoms with Gasteiger partial charge in [0.2, 0.25) is 0 Å². The van der Waals surface area contributed by atoms with Gasteiger partial charge in [-0.3, -0.25) is 4.79 Å². The number of hydrogen-bond acceptors (Lipinski definition) is 2. The van der Waals surface area contributed by atoms with Gasteiger partial charge >= 0.3 is 5.97 Å². The molecule has 0 aliphatic rings. The van der Waals surface area contributed by atoms with Gasteiger partial charge in [0.25, 0.3) is 5.91 Å². The van der Waals surface area contributed by atoms with E-state index in [0.29, 0.717) is 5.56 Å². The van der Waals surface area contributed by atoms with Gasteiger partial charge in [-0.05, 0) is 54.4 Å². The molecule has 2 aromatic carbocycles. The molecule has 2 aromatic rings. The highest BCUT2D eigenvalue weighted by Crippen LogP contribution is 2.22. The van der Waals surface area contributed by atoms with Gasteiger partial charge in [-0.1, -0.05) is 22.9 Å². The van der Waals surface area contributed by atoms with Gasteiger partial charge in [-0.25, -0.2) is 4.79 Å². The van der Waals surface area contributed by atoms with Crippen molar-refractivity contribution in [3.05, 3.63) is 63.6 Å². The van der Waals surface area contributed by atoms with Crippen LogP contribution in [0.2, 0.25) is 0 Å². The lowest BCUT2D eigenvalue weighted by Gasteiger charge is -2.10. The van der Waals surface area contributed by atoms with E-state index in [1.54, 1.807) is 0 Å². The highest BCUT2D eigenvalue weighted by molar-refractivity contribution is 9.10. The van der Waals surface area contributed by atoms with Gasteiger partial charge in [0, 0.05) is 15.7 Å². The van der Waals surface area contributed by atoms with E-state index in [9.17, 15) is 9.59 Å². The molecule has 0 atom stereocenters. The summed E-state index contributed by atoms with van der Waals surface area (Å²) in [4.78, 5) is 23.0. The van der Waals surface area contributed by atoms with Crippen LogP contribution in [0.5, 0.6) is 0 Å². The molecule has 0 heterocycles. The van der Waals surface area contributed by atoms with Crippen LogP contribution >= 0.6 is 15.9 Å². The van der Waals surface area contributed by atoms with Crippen LogP contribution in [0.15, 0.2) is 46.9 Å². The second-order valence-electron chi connectivity index (χ2n) is 4.49. The number of amides is 1. The molecule has 1 amide bonds. The Labute approximate surface area is 130 Å². The van der Waals surface area contributed by atoms with Crippen LogP contribution in [-0.2, 0) is 6.42 Å². The van der Waals surface area contributed by atoms with E-state index in [2.05, 4.69) is 21.2 Å². The van der Waals surface area contributed by atoms with Crippen LogP contribution in [0.1, 0.15) is 33.2 Å². The fourth-order valence-corrected chi connectivity index (χ4v) is 2.34. The summed E-state index contributed by atoms with van der Waals surface area (Å²) in [6.45, 7) is 2.01. The number of hydrogen-bond donors (Lipinski definition) is 2. The smallest absolute Gasteiger partial charge is 0.335 e. The fraction of sp³-hybridized carbons (Fsp3) is 0.125. The van der Waals surface area contributed by atoms with E-state index in [1.807, 2.05) is 25.1 Å². The van der Waals surface area contributed by atoms with Crippen LogP contribution in [0.25, 0.3) is 0 Å². The van der Waals surface area contributed by atoms with Crippen molar-refractivity contribution in [3.8, 4) is 0 Å². The van der Waals surface area contributed by atoms with Crippen LogP contribution < -0.4 is 5.32 Å². The largest absolute Gasteiger partial charge is 0.478 e. The highest BCUT2D eigenvalue weighted by Gasteiger charge is 2.10. The first kappa shape index (κ1) is 15.3. The molecule has 0 aliphatic carbocycles. The van der Waals surface area contributed by atoms with Crippen LogP contribution in [0.4, 0.5) is 5.69 Å². The highest BCUT2D eigenvalue weighted by atomic mass is 79.9. The van der Waals surface area contributed by atoms with Crippen LogP contribution in [0.3, 0.4) is 0 Å². The number of carbonyl (C=O) groups is 2. The average molecular weight is 348 g/mol. The van der Waals surface area contributed by atoms with Crippen molar-refractivity contribution in [2.45, 2.75) is 13.3 Å². The molecule has 0 aliphatic heterocycles. The molecule has 0 bridgehead atoms. The van der Waals surface area contributed by atoms with Gasteiger partial charge in [0.15, 0.2) is 0 Å². The van der Waals surface area contributed by atoms with Crippen molar-refractivity contribution >= 4 is 33.5 Å². The maximum Gasteiger partial charge on any atom is 0.335 e. The third kappa shape index (κ3) is 3.70. The lowest BCUT2D eigenvalue weighted by Crippen LogP contribution is -2.13. The zero-order valence-electron chi connectivity index (χ0n) is 11.4. The van der Waals surface area contributed by atoms with Crippen molar-refractivity contribution in [2.24, 2.45) is 0 Å². The molecule has 0 spiro atoms. The summed E-state index contributed by atoms with van der Waals surface area (Å²) in [5, 5.41) is 11.7. The van der Waals surface area contributed by atoms with E-state index in [1.165, 1.54) is 24.3 Å². The maximum absolute atomic E-state index is 12.2. The number of anilines is 1. The zero-order valence-corrected chi connectivity index (χ0v) is 13.0. The Hall–Kier alpha value is -2.14. The molecular weight excluding hydrogens is 334 g/mol. The summed E-state index contributed by atoms with van der Waals surface area (Å²) >= 11 is 3.40. The summed E-state index contributed by atoms with van der Waals surface area (Å²) in [5.74, 6) is -1.27. The standard InChI is InChI=1S/C16H14BrNO3/c1-2-10-9-13(17)7-8-14(10)18-15(19)11-3-5-12(6-4-11)16(20)21/h3-9H,2H2,1H3,(H,18,19)(H,20,21). The molecule has 21 heavy (non-hydrogen) atoms. The van der Waals surface area contributed by atoms with Crippen molar-refractivity contribution in [3.63, 3.8) is 0 Å². The zero-order chi connectivity index (χ0) is 15.4. The topological polar surface area (TPSA) is 66.4 Å². The number of aromatic carboxylic acids is 1. The van der Waals surface area contributed by atoms with Gasteiger partial charge in [-0.2, -0.15) is 0 Å². The molecule has 0 unspecified atom stereocenters. The molecule has 0 fully saturated rings. The Morgan fingerprint density at radius 2 is 1.71 bits per heavy atom. The lowest BCUT2D eigenvalue weighted by molar-refractivity contribution is 0.0696. The minimum Gasteiger partial charge on any atom is -0.478 e. The van der Waals surface area contributed by atoms with Crippen LogP contribution in [-0.4, -0.2) is 17.0 Å². The third-order valence-electron chi connectivity index (χ3n) is 3.09. The molecule has 4 nitrogen and oxygen atoms in total. The number of nitrogens with one attached hydrogen (secondary N) is 1. The Kier molecular flexibility index (Phi) is 4.75. The van der Waals surface area contributed by atoms with Crippen molar-refractivity contribution in [1.82, 2.24) is 0 Å². The number of benzene rings is 2. The lowest BCUT2D eigenvalue weighted by atomic mass is 10.1. The van der Waals surface area contributed by atoms with E-state index in [-0.39, 0.29) is 11.5 Å². The normalized spacial score (nSPS) is 10.2. The molecule has 2 rings (SSSR count). The van der Waals surface area contributed by atoms with Crippen molar-refractivity contribution < 1.29 is 14.7 Å². The molecule has 0 saturated heterocycles. The molecule has 0 saturated carbocycles. The third-order valence-corrected chi connectivity index (χ3v) is 3.58. The summed E-state index contributed by atoms with van der Waals surface area (Å²) in [6.07, 6.45) is 0.799. The first-order valence-electron chi connectivity index (χ1n) is 6.44. The number of aryl methyl sites for hydroxylation is 1. The van der Waals surface area contributed by atoms with Crippen molar-refractivity contribution in [2.75, 3.05) is 5.32 Å². The monoisotopic (exact) mass is 347 g/mol. The molecule has 0 aromatic heterocycles. The first-order chi connectivity index (χ1) is 10.0. The SMILES string of the molecule is CCc1cc(Br)ccc1NC(=O)c1ccc(C(=O)O)cc1. The molecule has 5 heteroatoms. The molecule has 0 radical (unpaired) electrons. The molecular formula is C16H14BrNO3. The van der Waals surface area contributed by atoms with E-state index in [4.69, 9.17) is 5.11 Å². The Bertz CT molecular complexity index is 680. The average Bonchev–Trinajstić information content (AvgIpc) is 2.49. The summed E-state index contributed by atoms with van der Waals surface area (Å²) in [7, 11) is 0. The summed E-state index contributed by atoms with van der Waals surface area (Å²) < 4.78 is 0.961. The van der Waals surface area contributed by atoms with Gasteiger partial charge < -0.3 is 10.4 Å². The fourth-order valence-electron chi connectivity index (χ4n) is 1.94. The van der Waals surface area contributed by atoms with Crippen LogP contribution in [0, 0.1) is 0 Å². The number of carboxylic acid groups (broad SMARTS) is 1. The minimum absolute atomic E-state index is 0.157. The number of halogens is 1. The van der Waals surface area contributed by atoms with E-state index >= 15 is 0 Å². The Morgan fingerprint density at radius 1 is 1.10 bits per heavy atom. The first-order valence-corrected chi connectivity index (χ1v) is 7.23.